The van der Waals surface area contributed by atoms with Gasteiger partial charge in [-0.1, -0.05) is 82.7 Å². The molecule has 26 heavy (non-hydrogen) atoms. The van der Waals surface area contributed by atoms with Crippen LogP contribution in [0.2, 0.25) is 0 Å². The Balaban J connectivity index is 1.51. The minimum Gasteiger partial charge on any atom is -0.488 e. The molecule has 0 bridgehead atoms. The first kappa shape index (κ1) is 17.3. The average Bonchev–Trinajstić information content (AvgIpc) is 3.18. The second-order valence-electron chi connectivity index (χ2n) is 6.16. The lowest BCUT2D eigenvalue weighted by Crippen LogP contribution is -2.05. The minimum absolute atomic E-state index is 0.154. The zero-order chi connectivity index (χ0) is 17.8. The molecular weight excluding hydrogens is 392 g/mol. The fourth-order valence-electron chi connectivity index (χ4n) is 2.99. The van der Waals surface area contributed by atoms with E-state index in [4.69, 9.17) is 14.2 Å². The van der Waals surface area contributed by atoms with Crippen molar-refractivity contribution < 1.29 is 14.2 Å². The van der Waals surface area contributed by atoms with Crippen LogP contribution in [-0.4, -0.2) is 6.61 Å². The monoisotopic (exact) mass is 410 g/mol. The second-order valence-corrected chi connectivity index (χ2v) is 7.07. The van der Waals surface area contributed by atoms with Crippen molar-refractivity contribution in [2.75, 3.05) is 6.61 Å². The third kappa shape index (κ3) is 3.98. The van der Waals surface area contributed by atoms with Crippen LogP contribution in [0.5, 0.6) is 5.75 Å². The van der Waals surface area contributed by atoms with E-state index in [1.54, 1.807) is 0 Å². The van der Waals surface area contributed by atoms with Crippen molar-refractivity contribution in [3.05, 3.63) is 100 Å². The first-order chi connectivity index (χ1) is 12.8. The van der Waals surface area contributed by atoms with Gasteiger partial charge >= 0.3 is 0 Å². The standard InChI is InChI=1S/C22H19BrO3/c23-18-11-12-19(20(13-18)24-14-16-7-3-1-4-8-16)21-15-25-22(26-21)17-9-5-2-6-10-17/h1-13,21-22H,14-15H2. The zero-order valence-electron chi connectivity index (χ0n) is 14.2. The first-order valence-corrected chi connectivity index (χ1v) is 9.37. The van der Waals surface area contributed by atoms with Gasteiger partial charge in [0.1, 0.15) is 18.5 Å². The number of ether oxygens (including phenoxy) is 3. The highest BCUT2D eigenvalue weighted by atomic mass is 79.9. The lowest BCUT2D eigenvalue weighted by Gasteiger charge is -2.17. The van der Waals surface area contributed by atoms with E-state index in [1.807, 2.05) is 66.7 Å². The van der Waals surface area contributed by atoms with Crippen LogP contribution in [0.3, 0.4) is 0 Å². The normalized spacial score (nSPS) is 19.4. The molecule has 4 rings (SSSR count). The lowest BCUT2D eigenvalue weighted by atomic mass is 10.1. The van der Waals surface area contributed by atoms with Crippen LogP contribution in [0.25, 0.3) is 0 Å². The predicted molar refractivity (Wildman–Crippen MR) is 104 cm³/mol. The maximum atomic E-state index is 6.15. The molecule has 3 nitrogen and oxygen atoms in total. The average molecular weight is 411 g/mol. The molecule has 3 aromatic rings. The van der Waals surface area contributed by atoms with Crippen LogP contribution in [-0.2, 0) is 16.1 Å². The molecular formula is C22H19BrO3. The van der Waals surface area contributed by atoms with Gasteiger partial charge in [-0.25, -0.2) is 0 Å². The molecule has 0 spiro atoms. The number of hydrogen-bond acceptors (Lipinski definition) is 3. The zero-order valence-corrected chi connectivity index (χ0v) is 15.8. The summed E-state index contributed by atoms with van der Waals surface area (Å²) in [6, 6.07) is 26.2. The van der Waals surface area contributed by atoms with E-state index in [0.717, 1.165) is 26.9 Å². The van der Waals surface area contributed by atoms with Crippen LogP contribution in [0.4, 0.5) is 0 Å². The topological polar surface area (TPSA) is 27.7 Å². The summed E-state index contributed by atoms with van der Waals surface area (Å²) in [5.41, 5.74) is 3.16. The van der Waals surface area contributed by atoms with Crippen LogP contribution < -0.4 is 4.74 Å². The molecule has 2 atom stereocenters. The molecule has 1 aliphatic heterocycles. The Morgan fingerprint density at radius 1 is 0.923 bits per heavy atom. The van der Waals surface area contributed by atoms with Crippen molar-refractivity contribution in [1.82, 2.24) is 0 Å². The summed E-state index contributed by atoms with van der Waals surface area (Å²) in [5.74, 6) is 0.811. The molecule has 0 N–H and O–H groups in total. The van der Waals surface area contributed by atoms with Crippen molar-refractivity contribution >= 4 is 15.9 Å². The molecule has 132 valence electrons. The largest absolute Gasteiger partial charge is 0.488 e. The molecule has 0 saturated carbocycles. The van der Waals surface area contributed by atoms with Crippen molar-refractivity contribution in [2.45, 2.75) is 19.0 Å². The van der Waals surface area contributed by atoms with Crippen molar-refractivity contribution in [1.29, 1.82) is 0 Å². The van der Waals surface area contributed by atoms with Gasteiger partial charge in [0.15, 0.2) is 6.29 Å². The van der Waals surface area contributed by atoms with Gasteiger partial charge in [-0.2, -0.15) is 0 Å². The molecule has 2 unspecified atom stereocenters. The number of benzene rings is 3. The number of rotatable bonds is 5. The lowest BCUT2D eigenvalue weighted by molar-refractivity contribution is -0.0610. The van der Waals surface area contributed by atoms with E-state index in [2.05, 4.69) is 28.1 Å². The van der Waals surface area contributed by atoms with E-state index < -0.39 is 0 Å². The fourth-order valence-corrected chi connectivity index (χ4v) is 3.33. The van der Waals surface area contributed by atoms with Crippen molar-refractivity contribution in [3.8, 4) is 5.75 Å². The van der Waals surface area contributed by atoms with Gasteiger partial charge in [-0.15, -0.1) is 0 Å². The molecule has 1 saturated heterocycles. The Hall–Kier alpha value is -2.14. The third-order valence-corrected chi connectivity index (χ3v) is 4.81. The highest BCUT2D eigenvalue weighted by Crippen LogP contribution is 2.39. The Morgan fingerprint density at radius 2 is 1.65 bits per heavy atom. The van der Waals surface area contributed by atoms with Gasteiger partial charge in [0, 0.05) is 15.6 Å². The van der Waals surface area contributed by atoms with E-state index in [-0.39, 0.29) is 12.4 Å². The SMILES string of the molecule is Brc1ccc(C2COC(c3ccccc3)O2)c(OCc2ccccc2)c1. The molecule has 1 fully saturated rings. The molecule has 0 aromatic heterocycles. The van der Waals surface area contributed by atoms with Gasteiger partial charge in [0.05, 0.1) is 6.61 Å². The highest BCUT2D eigenvalue weighted by molar-refractivity contribution is 9.10. The molecule has 4 heteroatoms. The van der Waals surface area contributed by atoms with Gasteiger partial charge in [-0.3, -0.25) is 0 Å². The van der Waals surface area contributed by atoms with E-state index in [1.165, 1.54) is 0 Å². The molecule has 0 aliphatic carbocycles. The quantitative estimate of drug-likeness (QED) is 0.530. The van der Waals surface area contributed by atoms with E-state index in [0.29, 0.717) is 13.2 Å². The summed E-state index contributed by atoms with van der Waals surface area (Å²) in [6.45, 7) is 1.02. The van der Waals surface area contributed by atoms with Crippen molar-refractivity contribution in [3.63, 3.8) is 0 Å². The predicted octanol–water partition coefficient (Wildman–Crippen LogP) is 5.81. The molecule has 0 amide bonds. The summed E-state index contributed by atoms with van der Waals surface area (Å²) < 4.78 is 19.1. The van der Waals surface area contributed by atoms with E-state index >= 15 is 0 Å². The number of hydrogen-bond donors (Lipinski definition) is 0. The Labute approximate surface area is 161 Å². The number of halogens is 1. The maximum absolute atomic E-state index is 6.15. The van der Waals surface area contributed by atoms with Crippen LogP contribution >= 0.6 is 15.9 Å². The molecule has 1 heterocycles. The summed E-state index contributed by atoms with van der Waals surface area (Å²) in [6.07, 6.45) is -0.495. The third-order valence-electron chi connectivity index (χ3n) is 4.32. The maximum Gasteiger partial charge on any atom is 0.184 e. The van der Waals surface area contributed by atoms with Crippen LogP contribution in [0, 0.1) is 0 Å². The fraction of sp³-hybridized carbons (Fsp3) is 0.182. The minimum atomic E-state index is -0.341. The van der Waals surface area contributed by atoms with Crippen LogP contribution in [0.15, 0.2) is 83.3 Å². The molecule has 0 radical (unpaired) electrons. The smallest absolute Gasteiger partial charge is 0.184 e. The van der Waals surface area contributed by atoms with Gasteiger partial charge in [0.25, 0.3) is 0 Å². The second kappa shape index (κ2) is 8.04. The van der Waals surface area contributed by atoms with Gasteiger partial charge in [0.2, 0.25) is 0 Å². The summed E-state index contributed by atoms with van der Waals surface area (Å²) >= 11 is 3.53. The summed E-state index contributed by atoms with van der Waals surface area (Å²) in [4.78, 5) is 0. The highest BCUT2D eigenvalue weighted by Gasteiger charge is 2.30. The molecule has 1 aliphatic rings. The van der Waals surface area contributed by atoms with Gasteiger partial charge < -0.3 is 14.2 Å². The first-order valence-electron chi connectivity index (χ1n) is 8.58. The summed E-state index contributed by atoms with van der Waals surface area (Å²) in [7, 11) is 0. The Bertz CT molecular complexity index is 852. The van der Waals surface area contributed by atoms with Crippen LogP contribution in [0.1, 0.15) is 29.1 Å². The van der Waals surface area contributed by atoms with Crippen molar-refractivity contribution in [2.24, 2.45) is 0 Å². The van der Waals surface area contributed by atoms with E-state index in [9.17, 15) is 0 Å². The summed E-state index contributed by atoms with van der Waals surface area (Å²) in [5, 5.41) is 0. The molecule has 3 aromatic carbocycles. The Morgan fingerprint density at radius 3 is 2.42 bits per heavy atom. The van der Waals surface area contributed by atoms with Gasteiger partial charge in [-0.05, 0) is 17.7 Å². The Kier molecular flexibility index (Phi) is 5.34.